The molecular weight excluding hydrogens is 1700 g/mol. The molecule has 0 saturated carbocycles. The molecule has 27 heteroatoms. The number of hydrogen-bond donors (Lipinski definition) is 2. The van der Waals surface area contributed by atoms with Crippen LogP contribution in [0, 0.1) is 18.6 Å². The molecule has 642 valence electrons. The number of ketones is 3. The molecule has 0 saturated heterocycles. The first-order valence-corrected chi connectivity index (χ1v) is 41.7. The van der Waals surface area contributed by atoms with Gasteiger partial charge in [-0.3, -0.25) is 14.4 Å². The van der Waals surface area contributed by atoms with E-state index in [-0.39, 0.29) is 79.7 Å². The van der Waals surface area contributed by atoms with Crippen LogP contribution < -0.4 is 62.7 Å². The van der Waals surface area contributed by atoms with Gasteiger partial charge in [-0.1, -0.05) is 103 Å². The molecule has 0 spiro atoms. The number of hydrogen-bond acceptors (Lipinski definition) is 18. The third-order valence-electron chi connectivity index (χ3n) is 19.7. The monoisotopic (exact) mass is 1780 g/mol. The van der Waals surface area contributed by atoms with Crippen molar-refractivity contribution in [3.63, 3.8) is 0 Å². The summed E-state index contributed by atoms with van der Waals surface area (Å²) in [6.07, 6.45) is -5.83. The summed E-state index contributed by atoms with van der Waals surface area (Å²) in [5.41, 5.74) is 11.4. The summed E-state index contributed by atoms with van der Waals surface area (Å²) in [5.74, 6) is 0.699. The summed E-state index contributed by atoms with van der Waals surface area (Å²) >= 11 is 0. The molecule has 0 atom stereocenters. The van der Waals surface area contributed by atoms with Crippen molar-refractivity contribution in [2.24, 2.45) is 0 Å². The number of carbonyl (C=O) groups is 3. The molecule has 2 N–H and O–H groups in total. The largest absolute Gasteiger partial charge is 1.00 e. The third kappa shape index (κ3) is 23.3. The number of sulfone groups is 1. The van der Waals surface area contributed by atoms with Crippen LogP contribution in [-0.2, 0) is 26.5 Å². The first kappa shape index (κ1) is 93.1. The molecule has 128 heavy (non-hydrogen) atoms. The summed E-state index contributed by atoms with van der Waals surface area (Å²) in [6, 6.07) is 97.0. The Labute approximate surface area is 756 Å². The van der Waals surface area contributed by atoms with Crippen molar-refractivity contribution in [3.8, 4) is 119 Å². The molecule has 0 aliphatic rings. The fourth-order valence-electron chi connectivity index (χ4n) is 12.9. The van der Waals surface area contributed by atoms with Crippen molar-refractivity contribution in [3.05, 3.63) is 402 Å². The number of carbonyl (C=O) groups excluding carboxylic acids is 3. The van der Waals surface area contributed by atoms with Crippen LogP contribution in [0.1, 0.15) is 58.9 Å². The van der Waals surface area contributed by atoms with Crippen LogP contribution in [0.4, 0.5) is 26.3 Å². The zero-order valence-corrected chi connectivity index (χ0v) is 72.8. The predicted molar refractivity (Wildman–Crippen MR) is 467 cm³/mol. The number of rotatable bonds is 28. The van der Waals surface area contributed by atoms with Gasteiger partial charge >= 0.3 is 40.9 Å². The number of ether oxygens (including phenoxy) is 7. The molecule has 0 amide bonds. The van der Waals surface area contributed by atoms with Gasteiger partial charge in [0, 0.05) is 46.0 Å². The minimum absolute atomic E-state index is 0. The number of aromatic hydroxyl groups is 2. The van der Waals surface area contributed by atoms with Gasteiger partial charge in [0.15, 0.2) is 39.0 Å². The van der Waals surface area contributed by atoms with E-state index in [1.165, 1.54) is 18.2 Å². The van der Waals surface area contributed by atoms with Crippen LogP contribution in [0.2, 0.25) is 0 Å². The molecule has 0 heterocycles. The van der Waals surface area contributed by atoms with E-state index in [1.807, 2.05) is 202 Å². The number of halogens is 6. The van der Waals surface area contributed by atoms with E-state index >= 15 is 0 Å². The fraction of sp³-hybridized carbons (Fsp3) is 0.0792. The smallest absolute Gasteiger partial charge is 0.743 e. The van der Waals surface area contributed by atoms with Crippen LogP contribution in [0.3, 0.4) is 0 Å². The first-order valence-electron chi connectivity index (χ1n) is 38.8. The van der Waals surface area contributed by atoms with Crippen molar-refractivity contribution in [1.82, 2.24) is 4.90 Å². The van der Waals surface area contributed by atoms with Gasteiger partial charge in [0.1, 0.15) is 74.8 Å². The number of phenols is 2. The molecule has 0 aliphatic heterocycles. The number of aryl methyl sites for hydroxylation is 1. The molecular formula is C101H76F6NNaO17S2. The van der Waals surface area contributed by atoms with E-state index in [9.17, 15) is 62.1 Å². The van der Waals surface area contributed by atoms with Crippen LogP contribution in [0.25, 0.3) is 44.5 Å². The van der Waals surface area contributed by atoms with E-state index in [1.54, 1.807) is 148 Å². The van der Waals surface area contributed by atoms with Crippen LogP contribution in [0.5, 0.6) is 74.7 Å². The van der Waals surface area contributed by atoms with E-state index < -0.39 is 66.1 Å². The standard InChI is InChI=1S/C81H63NO11S.C12H10O2.C8H4F6O4S.Na/c1-53-6-45-78(51-66(53)52-82(2)3)94(86,87)77-46-43-76(44-47-77)93-72-35-17-59(18-36-72)58-15-33-71(34-16-58)92-75-41-23-62(24-42-75)81(85)65-49-63(79(83)60-19-37-73(38-20-60)90-69-29-11-56(12-30-69)54-7-25-67(88-4)26-8-54)48-64(50-65)80(84)61-21-39-74(40-22-61)91-70-31-13-57(14-32-70)55-9-27-68(89-5)28-10-55;13-11-5-1-9(2-6-11)10-3-7-12(14)8-4-10;9-4-1-2-6(5(10)3-4)18-7(11,12)8(13,14)19(15,16)17;/h6-51H,52H2,1-5H3;1-8,13-14H;1-3H,(H,15,16,17);/q;;;+1/p-1. The minimum Gasteiger partial charge on any atom is -0.743 e. The average Bonchev–Trinajstić information content (AvgIpc) is 0.768. The van der Waals surface area contributed by atoms with Gasteiger partial charge in [0.2, 0.25) is 9.84 Å². The molecule has 0 aromatic heterocycles. The third-order valence-corrected chi connectivity index (χ3v) is 22.3. The number of alkyl halides is 4. The Balaban J connectivity index is 0.000000363. The Morgan fingerprint density at radius 1 is 0.352 bits per heavy atom. The van der Waals surface area contributed by atoms with Gasteiger partial charge in [0.05, 0.1) is 24.0 Å². The maximum Gasteiger partial charge on any atom is 1.00 e. The second-order valence-electron chi connectivity index (χ2n) is 28.9. The van der Waals surface area contributed by atoms with Crippen LogP contribution in [-0.4, -0.2) is 93.5 Å². The topological polar surface area (TPSA) is 251 Å². The van der Waals surface area contributed by atoms with Gasteiger partial charge in [-0.15, -0.1) is 0 Å². The molecule has 0 bridgehead atoms. The van der Waals surface area contributed by atoms with Crippen molar-refractivity contribution in [2.75, 3.05) is 28.3 Å². The Morgan fingerprint density at radius 2 is 0.617 bits per heavy atom. The minimum atomic E-state index is -6.76. The van der Waals surface area contributed by atoms with Gasteiger partial charge in [-0.2, -0.15) is 17.6 Å². The average molecular weight is 1780 g/mol. The van der Waals surface area contributed by atoms with E-state index in [0.29, 0.717) is 75.3 Å². The van der Waals surface area contributed by atoms with Crippen molar-refractivity contribution in [2.45, 2.75) is 34.6 Å². The van der Waals surface area contributed by atoms with Gasteiger partial charge < -0.3 is 52.8 Å². The Kier molecular flexibility index (Phi) is 29.8. The number of nitrogens with zero attached hydrogens (tertiary/aromatic N) is 1. The van der Waals surface area contributed by atoms with Gasteiger partial charge in [-0.25, -0.2) is 25.6 Å². The summed E-state index contributed by atoms with van der Waals surface area (Å²) in [5, 5.41) is 12.1. The molecule has 15 rings (SSSR count). The van der Waals surface area contributed by atoms with E-state index in [4.69, 9.17) is 38.6 Å². The molecule has 0 unspecified atom stereocenters. The number of phenolic OH excluding ortho intramolecular Hbond substituents is 2. The normalized spacial score (nSPS) is 11.3. The number of methoxy groups -OCH3 is 2. The SMILES string of the molecule is COc1ccc(-c2ccc(Oc3ccc(C(=O)c4cc(C(=O)c5ccc(Oc6ccc(-c7ccc(OC)cc7)cc6)cc5)cc(C(=O)c5ccc(Oc6ccc(-c7ccc(Oc8ccc(S(=O)(=O)c9ccc(C)c(CN(C)C)c9)cc8)cc7)cc6)cc5)c4)cc3)cc2)cc1.O=S(=O)([O-])C(F)(F)C(F)(F)Oc1ccc(F)cc1F.Oc1ccc(-c2ccc(O)cc2)cc1.[Na+]. The number of benzene rings is 15. The predicted octanol–water partition coefficient (Wildman–Crippen LogP) is 20.6. The Hall–Kier alpha value is -14.1. The van der Waals surface area contributed by atoms with E-state index in [2.05, 4.69) is 4.74 Å². The zero-order chi connectivity index (χ0) is 90.3. The summed E-state index contributed by atoms with van der Waals surface area (Å²) in [7, 11) is -3.33. The molecule has 0 fully saturated rings. The van der Waals surface area contributed by atoms with Crippen LogP contribution >= 0.6 is 0 Å². The Bertz CT molecular complexity index is 6440. The van der Waals surface area contributed by atoms with Crippen molar-refractivity contribution < 1.29 is 135 Å². The van der Waals surface area contributed by atoms with Crippen molar-refractivity contribution in [1.29, 1.82) is 0 Å². The molecule has 15 aromatic rings. The van der Waals surface area contributed by atoms with Gasteiger partial charge in [-0.05, 0) is 313 Å². The first-order chi connectivity index (χ1) is 60.7. The van der Waals surface area contributed by atoms with Gasteiger partial charge in [0.25, 0.3) is 0 Å². The van der Waals surface area contributed by atoms with Crippen LogP contribution in [0.15, 0.2) is 356 Å². The Morgan fingerprint density at radius 3 is 0.891 bits per heavy atom. The maximum atomic E-state index is 14.5. The zero-order valence-electron chi connectivity index (χ0n) is 69.2. The fourth-order valence-corrected chi connectivity index (χ4v) is 14.5. The van der Waals surface area contributed by atoms with E-state index in [0.717, 1.165) is 67.1 Å². The molecule has 15 aromatic carbocycles. The molecule has 18 nitrogen and oxygen atoms in total. The maximum absolute atomic E-state index is 14.5. The quantitative estimate of drug-likeness (QED) is 0.0200. The van der Waals surface area contributed by atoms with Crippen molar-refractivity contribution >= 4 is 37.3 Å². The summed E-state index contributed by atoms with van der Waals surface area (Å²) in [4.78, 5) is 45.9. The summed E-state index contributed by atoms with van der Waals surface area (Å²) in [6.45, 7) is 2.61. The second-order valence-corrected chi connectivity index (χ2v) is 32.3. The molecule has 0 radical (unpaired) electrons. The second kappa shape index (κ2) is 40.9. The molecule has 0 aliphatic carbocycles. The summed E-state index contributed by atoms with van der Waals surface area (Å²) < 4.78 is 172.